The van der Waals surface area contributed by atoms with Gasteiger partial charge in [-0.2, -0.15) is 0 Å². The summed E-state index contributed by atoms with van der Waals surface area (Å²) in [6, 6.07) is 12.6. The minimum absolute atomic E-state index is 0.141. The Morgan fingerprint density at radius 2 is 1.86 bits per heavy atom. The number of benzene rings is 1. The minimum Gasteiger partial charge on any atom is -0.387 e. The second kappa shape index (κ2) is 6.99. The Morgan fingerprint density at radius 1 is 1.14 bits per heavy atom. The van der Waals surface area contributed by atoms with E-state index < -0.39 is 6.10 Å². The van der Waals surface area contributed by atoms with Gasteiger partial charge in [-0.15, -0.1) is 0 Å². The van der Waals surface area contributed by atoms with Crippen LogP contribution < -0.4 is 0 Å². The minimum atomic E-state index is -0.503. The van der Waals surface area contributed by atoms with Gasteiger partial charge in [0.05, 0.1) is 11.8 Å². The molecule has 1 saturated heterocycles. The molecular formula is C18H21FN2O. The van der Waals surface area contributed by atoms with E-state index in [-0.39, 0.29) is 11.7 Å². The molecule has 1 aromatic carbocycles. The summed E-state index contributed by atoms with van der Waals surface area (Å²) < 4.78 is 13.7. The number of rotatable bonds is 4. The topological polar surface area (TPSA) is 36.4 Å². The lowest BCUT2D eigenvalue weighted by Gasteiger charge is -2.34. The van der Waals surface area contributed by atoms with Crippen LogP contribution in [0.4, 0.5) is 4.39 Å². The van der Waals surface area contributed by atoms with E-state index in [4.69, 9.17) is 0 Å². The number of aliphatic hydroxyl groups is 1. The molecule has 1 aliphatic rings. The summed E-state index contributed by atoms with van der Waals surface area (Å²) in [7, 11) is 0. The average Bonchev–Trinajstić information content (AvgIpc) is 2.58. The first-order chi connectivity index (χ1) is 10.7. The Morgan fingerprint density at radius 3 is 2.55 bits per heavy atom. The number of halogens is 1. The molecule has 3 nitrogen and oxygen atoms in total. The first kappa shape index (κ1) is 15.1. The molecule has 4 heteroatoms. The zero-order valence-electron chi connectivity index (χ0n) is 12.5. The summed E-state index contributed by atoms with van der Waals surface area (Å²) in [5.41, 5.74) is 1.49. The average molecular weight is 300 g/mol. The second-order valence-corrected chi connectivity index (χ2v) is 5.90. The molecule has 1 N–H and O–H groups in total. The van der Waals surface area contributed by atoms with Gasteiger partial charge >= 0.3 is 0 Å². The number of nitrogens with zero attached hydrogens (tertiary/aromatic N) is 2. The van der Waals surface area contributed by atoms with E-state index in [2.05, 4.69) is 9.88 Å². The molecule has 1 fully saturated rings. The number of aliphatic hydroxyl groups excluding tert-OH is 1. The van der Waals surface area contributed by atoms with Gasteiger partial charge in [0.1, 0.15) is 5.82 Å². The fourth-order valence-electron chi connectivity index (χ4n) is 3.09. The van der Waals surface area contributed by atoms with Crippen LogP contribution in [0.25, 0.3) is 0 Å². The van der Waals surface area contributed by atoms with Gasteiger partial charge in [0, 0.05) is 18.3 Å². The van der Waals surface area contributed by atoms with Gasteiger partial charge in [0.2, 0.25) is 0 Å². The van der Waals surface area contributed by atoms with Crippen molar-refractivity contribution < 1.29 is 9.50 Å². The number of hydrogen-bond acceptors (Lipinski definition) is 3. The van der Waals surface area contributed by atoms with E-state index in [9.17, 15) is 9.50 Å². The van der Waals surface area contributed by atoms with Crippen LogP contribution in [0.15, 0.2) is 48.7 Å². The molecule has 22 heavy (non-hydrogen) atoms. The lowest BCUT2D eigenvalue weighted by Crippen LogP contribution is -2.35. The third kappa shape index (κ3) is 3.51. The molecule has 2 aromatic rings. The van der Waals surface area contributed by atoms with E-state index in [1.165, 1.54) is 6.07 Å². The summed E-state index contributed by atoms with van der Waals surface area (Å²) in [4.78, 5) is 6.49. The molecule has 116 valence electrons. The predicted molar refractivity (Wildman–Crippen MR) is 83.6 cm³/mol. The van der Waals surface area contributed by atoms with Crippen LogP contribution in [-0.2, 0) is 6.54 Å². The highest BCUT2D eigenvalue weighted by Gasteiger charge is 2.27. The van der Waals surface area contributed by atoms with Gasteiger partial charge in [-0.05, 0) is 50.0 Å². The maximum absolute atomic E-state index is 13.7. The Kier molecular flexibility index (Phi) is 4.80. The summed E-state index contributed by atoms with van der Waals surface area (Å²) in [5.74, 6) is 0.0879. The summed E-state index contributed by atoms with van der Waals surface area (Å²) in [6.07, 6.45) is 3.03. The first-order valence-electron chi connectivity index (χ1n) is 7.79. The highest BCUT2D eigenvalue weighted by atomic mass is 19.1. The zero-order chi connectivity index (χ0) is 15.4. The van der Waals surface area contributed by atoms with E-state index in [0.717, 1.165) is 37.2 Å². The maximum Gasteiger partial charge on any atom is 0.127 e. The van der Waals surface area contributed by atoms with Crippen molar-refractivity contribution in [3.8, 4) is 0 Å². The normalized spacial score (nSPS) is 18.3. The van der Waals surface area contributed by atoms with E-state index in [1.54, 1.807) is 12.3 Å². The molecular weight excluding hydrogens is 279 g/mol. The molecule has 0 amide bonds. The van der Waals surface area contributed by atoms with Gasteiger partial charge in [-0.1, -0.05) is 24.3 Å². The lowest BCUT2D eigenvalue weighted by atomic mass is 9.89. The van der Waals surface area contributed by atoms with Crippen molar-refractivity contribution in [2.24, 2.45) is 5.92 Å². The molecule has 0 radical (unpaired) electrons. The molecule has 1 unspecified atom stereocenters. The molecule has 0 bridgehead atoms. The van der Waals surface area contributed by atoms with Crippen molar-refractivity contribution in [2.75, 3.05) is 13.1 Å². The standard InChI is InChI=1S/C18H21FN2O/c19-16-6-2-1-5-15(16)13-21-11-8-14(9-12-21)18(22)17-7-3-4-10-20-17/h1-7,10,14,18,22H,8-9,11-13H2. The number of pyridine rings is 1. The van der Waals surface area contributed by atoms with Gasteiger partial charge in [0.15, 0.2) is 0 Å². The van der Waals surface area contributed by atoms with Gasteiger partial charge < -0.3 is 5.11 Å². The van der Waals surface area contributed by atoms with Crippen LogP contribution in [0, 0.1) is 11.7 Å². The largest absolute Gasteiger partial charge is 0.387 e. The Balaban J connectivity index is 1.55. The van der Waals surface area contributed by atoms with Crippen LogP contribution >= 0.6 is 0 Å². The zero-order valence-corrected chi connectivity index (χ0v) is 12.5. The molecule has 1 atom stereocenters. The molecule has 1 aromatic heterocycles. The number of hydrogen-bond donors (Lipinski definition) is 1. The van der Waals surface area contributed by atoms with Gasteiger partial charge in [-0.3, -0.25) is 9.88 Å². The summed E-state index contributed by atoms with van der Waals surface area (Å²) in [5, 5.41) is 10.4. The van der Waals surface area contributed by atoms with Gasteiger partial charge in [0.25, 0.3) is 0 Å². The van der Waals surface area contributed by atoms with E-state index in [0.29, 0.717) is 6.54 Å². The van der Waals surface area contributed by atoms with Crippen LogP contribution in [0.1, 0.15) is 30.2 Å². The molecule has 0 saturated carbocycles. The molecule has 0 spiro atoms. The second-order valence-electron chi connectivity index (χ2n) is 5.90. The first-order valence-corrected chi connectivity index (χ1v) is 7.79. The van der Waals surface area contributed by atoms with E-state index >= 15 is 0 Å². The highest BCUT2D eigenvalue weighted by molar-refractivity contribution is 5.17. The van der Waals surface area contributed by atoms with Crippen LogP contribution in [0.5, 0.6) is 0 Å². The Bertz CT molecular complexity index is 597. The van der Waals surface area contributed by atoms with Crippen LogP contribution in [0.3, 0.4) is 0 Å². The number of aromatic nitrogens is 1. The van der Waals surface area contributed by atoms with Crippen molar-refractivity contribution in [3.05, 3.63) is 65.7 Å². The fourth-order valence-corrected chi connectivity index (χ4v) is 3.09. The quantitative estimate of drug-likeness (QED) is 0.942. The van der Waals surface area contributed by atoms with Crippen LogP contribution in [-0.4, -0.2) is 28.1 Å². The Labute approximate surface area is 130 Å². The predicted octanol–water partition coefficient (Wildman–Crippen LogP) is 3.17. The Hall–Kier alpha value is -1.78. The van der Waals surface area contributed by atoms with Crippen molar-refractivity contribution in [1.82, 2.24) is 9.88 Å². The van der Waals surface area contributed by atoms with Crippen molar-refractivity contribution in [2.45, 2.75) is 25.5 Å². The van der Waals surface area contributed by atoms with E-state index in [1.807, 2.05) is 30.3 Å². The van der Waals surface area contributed by atoms with Crippen molar-refractivity contribution in [1.29, 1.82) is 0 Å². The van der Waals surface area contributed by atoms with Crippen molar-refractivity contribution in [3.63, 3.8) is 0 Å². The third-order valence-corrected chi connectivity index (χ3v) is 4.42. The molecule has 3 rings (SSSR count). The maximum atomic E-state index is 13.7. The smallest absolute Gasteiger partial charge is 0.127 e. The fraction of sp³-hybridized carbons (Fsp3) is 0.389. The number of piperidine rings is 1. The third-order valence-electron chi connectivity index (χ3n) is 4.42. The molecule has 2 heterocycles. The highest BCUT2D eigenvalue weighted by Crippen LogP contribution is 2.30. The SMILES string of the molecule is OC(c1ccccn1)C1CCN(Cc2ccccc2F)CC1. The lowest BCUT2D eigenvalue weighted by molar-refractivity contribution is 0.0537. The molecule has 0 aliphatic carbocycles. The summed E-state index contributed by atoms with van der Waals surface area (Å²) in [6.45, 7) is 2.39. The number of likely N-dealkylation sites (tertiary alicyclic amines) is 1. The molecule has 1 aliphatic heterocycles. The van der Waals surface area contributed by atoms with Crippen molar-refractivity contribution >= 4 is 0 Å². The van der Waals surface area contributed by atoms with Gasteiger partial charge in [-0.25, -0.2) is 4.39 Å². The van der Waals surface area contributed by atoms with Crippen LogP contribution in [0.2, 0.25) is 0 Å². The summed E-state index contributed by atoms with van der Waals surface area (Å²) >= 11 is 0. The monoisotopic (exact) mass is 300 g/mol.